The number of alkyl halides is 4. The summed E-state index contributed by atoms with van der Waals surface area (Å²) in [6, 6.07) is 2.81. The maximum Gasteiger partial charge on any atom is 0.416 e. The molecule has 0 aliphatic carbocycles. The van der Waals surface area contributed by atoms with E-state index in [4.69, 9.17) is 0 Å². The highest BCUT2D eigenvalue weighted by atomic mass is 19.4. The Labute approximate surface area is 111 Å². The summed E-state index contributed by atoms with van der Waals surface area (Å²) >= 11 is 0. The standard InChI is InChI=1S/C13H10F4N2O/c1-2-5-19-11-4-3-8(13(15,16)17)6-9(11)18-10(7-14)12(19)20/h2-4,6H,1,5,7H2. The molecule has 7 heteroatoms. The summed E-state index contributed by atoms with van der Waals surface area (Å²) in [5, 5.41) is 0. The molecule has 0 saturated carbocycles. The van der Waals surface area contributed by atoms with E-state index in [0.29, 0.717) is 0 Å². The van der Waals surface area contributed by atoms with Gasteiger partial charge in [0.1, 0.15) is 12.4 Å². The summed E-state index contributed by atoms with van der Waals surface area (Å²) < 4.78 is 51.8. The van der Waals surface area contributed by atoms with Crippen molar-refractivity contribution in [1.29, 1.82) is 0 Å². The van der Waals surface area contributed by atoms with E-state index in [0.717, 1.165) is 22.8 Å². The summed E-state index contributed by atoms with van der Waals surface area (Å²) in [6.07, 6.45) is -3.12. The molecule has 0 bridgehead atoms. The van der Waals surface area contributed by atoms with Gasteiger partial charge in [-0.3, -0.25) is 4.79 Å². The van der Waals surface area contributed by atoms with Gasteiger partial charge in [0.2, 0.25) is 0 Å². The van der Waals surface area contributed by atoms with Gasteiger partial charge in [-0.05, 0) is 18.2 Å². The number of halogens is 4. The minimum Gasteiger partial charge on any atom is -0.301 e. The molecule has 0 aliphatic heterocycles. The molecule has 20 heavy (non-hydrogen) atoms. The van der Waals surface area contributed by atoms with E-state index >= 15 is 0 Å². The number of aromatic nitrogens is 2. The van der Waals surface area contributed by atoms with E-state index < -0.39 is 29.7 Å². The fourth-order valence-corrected chi connectivity index (χ4v) is 1.87. The highest BCUT2D eigenvalue weighted by Crippen LogP contribution is 2.30. The van der Waals surface area contributed by atoms with E-state index in [-0.39, 0.29) is 17.6 Å². The number of nitrogens with zero attached hydrogens (tertiary/aromatic N) is 2. The summed E-state index contributed by atoms with van der Waals surface area (Å²) in [5.41, 5.74) is -1.85. The molecule has 0 fully saturated rings. The number of hydrogen-bond donors (Lipinski definition) is 0. The number of benzene rings is 1. The first kappa shape index (κ1) is 14.2. The van der Waals surface area contributed by atoms with E-state index in [2.05, 4.69) is 11.6 Å². The van der Waals surface area contributed by atoms with Crippen molar-refractivity contribution < 1.29 is 17.6 Å². The molecule has 106 valence electrons. The van der Waals surface area contributed by atoms with Crippen LogP contribution in [0, 0.1) is 0 Å². The molecule has 0 atom stereocenters. The first-order valence-electron chi connectivity index (χ1n) is 5.66. The number of hydrogen-bond acceptors (Lipinski definition) is 2. The second-order valence-corrected chi connectivity index (χ2v) is 4.10. The highest BCUT2D eigenvalue weighted by molar-refractivity contribution is 5.76. The SMILES string of the molecule is C=CCn1c(=O)c(CF)nc2cc(C(F)(F)F)ccc21. The number of rotatable bonds is 3. The van der Waals surface area contributed by atoms with Crippen LogP contribution in [0.5, 0.6) is 0 Å². The molecule has 0 saturated heterocycles. The van der Waals surface area contributed by atoms with Crippen molar-refractivity contribution in [3.05, 3.63) is 52.5 Å². The molecule has 1 heterocycles. The van der Waals surface area contributed by atoms with Crippen molar-refractivity contribution >= 4 is 11.0 Å². The Balaban J connectivity index is 2.80. The quantitative estimate of drug-likeness (QED) is 0.642. The Morgan fingerprint density at radius 2 is 2.05 bits per heavy atom. The Hall–Kier alpha value is -2.18. The van der Waals surface area contributed by atoms with Gasteiger partial charge >= 0.3 is 6.18 Å². The molecule has 2 rings (SSSR count). The fraction of sp³-hybridized carbons (Fsp3) is 0.231. The predicted molar refractivity (Wildman–Crippen MR) is 66.0 cm³/mol. The zero-order valence-corrected chi connectivity index (χ0v) is 10.2. The highest BCUT2D eigenvalue weighted by Gasteiger charge is 2.30. The largest absolute Gasteiger partial charge is 0.416 e. The summed E-state index contributed by atoms with van der Waals surface area (Å²) in [4.78, 5) is 15.5. The van der Waals surface area contributed by atoms with Gasteiger partial charge in [-0.25, -0.2) is 9.37 Å². The topological polar surface area (TPSA) is 34.9 Å². The fourth-order valence-electron chi connectivity index (χ4n) is 1.87. The monoisotopic (exact) mass is 286 g/mol. The Bertz CT molecular complexity index is 719. The van der Waals surface area contributed by atoms with Crippen LogP contribution in [0.1, 0.15) is 11.3 Å². The van der Waals surface area contributed by atoms with Crippen LogP contribution in [0.25, 0.3) is 11.0 Å². The first-order chi connectivity index (χ1) is 9.38. The van der Waals surface area contributed by atoms with E-state index in [1.807, 2.05) is 0 Å². The molecular weight excluding hydrogens is 276 g/mol. The normalized spacial score (nSPS) is 11.8. The third-order valence-electron chi connectivity index (χ3n) is 2.78. The number of fused-ring (bicyclic) bond motifs is 1. The van der Waals surface area contributed by atoms with Crippen LogP contribution in [0.4, 0.5) is 17.6 Å². The second-order valence-electron chi connectivity index (χ2n) is 4.10. The average molecular weight is 286 g/mol. The molecular formula is C13H10F4N2O. The molecule has 0 unspecified atom stereocenters. The van der Waals surface area contributed by atoms with Gasteiger partial charge in [-0.15, -0.1) is 6.58 Å². The maximum atomic E-state index is 12.7. The van der Waals surface area contributed by atoms with Gasteiger partial charge in [0.15, 0.2) is 0 Å². The maximum absolute atomic E-state index is 12.7. The third kappa shape index (κ3) is 2.43. The van der Waals surface area contributed by atoms with Crippen LogP contribution in [-0.2, 0) is 19.4 Å². The predicted octanol–water partition coefficient (Wildman–Crippen LogP) is 3.07. The van der Waals surface area contributed by atoms with Crippen molar-refractivity contribution in [3.8, 4) is 0 Å². The van der Waals surface area contributed by atoms with Crippen LogP contribution in [0.2, 0.25) is 0 Å². The van der Waals surface area contributed by atoms with Crippen molar-refractivity contribution in [3.63, 3.8) is 0 Å². The lowest BCUT2D eigenvalue weighted by molar-refractivity contribution is -0.137. The van der Waals surface area contributed by atoms with E-state index in [1.54, 1.807) is 0 Å². The lowest BCUT2D eigenvalue weighted by atomic mass is 10.1. The van der Waals surface area contributed by atoms with Crippen molar-refractivity contribution in [2.45, 2.75) is 19.4 Å². The third-order valence-corrected chi connectivity index (χ3v) is 2.78. The molecule has 2 aromatic rings. The van der Waals surface area contributed by atoms with Crippen molar-refractivity contribution in [2.24, 2.45) is 0 Å². The van der Waals surface area contributed by atoms with Gasteiger partial charge < -0.3 is 4.57 Å². The average Bonchev–Trinajstić information content (AvgIpc) is 2.40. The Kier molecular flexibility index (Phi) is 3.61. The molecule has 3 nitrogen and oxygen atoms in total. The number of allylic oxidation sites excluding steroid dienone is 1. The molecule has 0 aliphatic rings. The van der Waals surface area contributed by atoms with Crippen molar-refractivity contribution in [2.75, 3.05) is 0 Å². The van der Waals surface area contributed by atoms with Gasteiger partial charge in [-0.2, -0.15) is 13.2 Å². The zero-order valence-electron chi connectivity index (χ0n) is 10.2. The molecule has 1 aromatic heterocycles. The van der Waals surface area contributed by atoms with Gasteiger partial charge in [0.05, 0.1) is 16.6 Å². The molecule has 0 amide bonds. The first-order valence-corrected chi connectivity index (χ1v) is 5.66. The van der Waals surface area contributed by atoms with Gasteiger partial charge in [0, 0.05) is 6.54 Å². The van der Waals surface area contributed by atoms with Crippen LogP contribution < -0.4 is 5.56 Å². The molecule has 0 spiro atoms. The van der Waals surface area contributed by atoms with E-state index in [1.165, 1.54) is 6.08 Å². The van der Waals surface area contributed by atoms with Gasteiger partial charge in [-0.1, -0.05) is 6.08 Å². The van der Waals surface area contributed by atoms with Crippen LogP contribution in [0.3, 0.4) is 0 Å². The lowest BCUT2D eigenvalue weighted by Gasteiger charge is -2.12. The Morgan fingerprint density at radius 3 is 2.60 bits per heavy atom. The smallest absolute Gasteiger partial charge is 0.301 e. The Morgan fingerprint density at radius 1 is 1.35 bits per heavy atom. The van der Waals surface area contributed by atoms with Crippen LogP contribution in [0.15, 0.2) is 35.6 Å². The molecule has 1 aromatic carbocycles. The van der Waals surface area contributed by atoms with Gasteiger partial charge in [0.25, 0.3) is 5.56 Å². The molecule has 0 radical (unpaired) electrons. The zero-order chi connectivity index (χ0) is 14.9. The molecule has 0 N–H and O–H groups in total. The van der Waals surface area contributed by atoms with Crippen molar-refractivity contribution in [1.82, 2.24) is 9.55 Å². The second kappa shape index (κ2) is 5.07. The van der Waals surface area contributed by atoms with E-state index in [9.17, 15) is 22.4 Å². The van der Waals surface area contributed by atoms with Crippen LogP contribution in [-0.4, -0.2) is 9.55 Å². The summed E-state index contributed by atoms with van der Waals surface area (Å²) in [7, 11) is 0. The van der Waals surface area contributed by atoms with Crippen LogP contribution >= 0.6 is 0 Å². The summed E-state index contributed by atoms with van der Waals surface area (Å²) in [6.45, 7) is 2.39. The summed E-state index contributed by atoms with van der Waals surface area (Å²) in [5.74, 6) is 0. The minimum atomic E-state index is -4.52. The lowest BCUT2D eigenvalue weighted by Crippen LogP contribution is -2.25. The minimum absolute atomic E-state index is 0.0657.